The molecule has 1 aliphatic rings. The molecule has 0 radical (unpaired) electrons. The van der Waals surface area contributed by atoms with Crippen molar-refractivity contribution < 1.29 is 9.31 Å². The molecule has 3 nitrogen and oxygen atoms in total. The minimum Gasteiger partial charge on any atom is -0.399 e. The number of nitrogens with one attached hydrogen (secondary N) is 1. The van der Waals surface area contributed by atoms with Gasteiger partial charge in [-0.3, -0.25) is 0 Å². The summed E-state index contributed by atoms with van der Waals surface area (Å²) in [5, 5.41) is 3.70. The van der Waals surface area contributed by atoms with Crippen LogP contribution in [0, 0.1) is 0 Å². The van der Waals surface area contributed by atoms with Gasteiger partial charge in [0.2, 0.25) is 0 Å². The zero-order valence-corrected chi connectivity index (χ0v) is 16.1. The van der Waals surface area contributed by atoms with Crippen LogP contribution in [0.15, 0.2) is 48.8 Å². The fourth-order valence-corrected chi connectivity index (χ4v) is 3.93. The number of aromatic amines is 1. The van der Waals surface area contributed by atoms with E-state index < -0.39 is 0 Å². The second-order valence-corrected chi connectivity index (χ2v) is 8.86. The normalized spacial score (nSPS) is 19.4. The Balaban J connectivity index is 1.76. The van der Waals surface area contributed by atoms with Crippen molar-refractivity contribution in [2.75, 3.05) is 0 Å². The highest BCUT2D eigenvalue weighted by atomic mass is 31.1. The van der Waals surface area contributed by atoms with Crippen molar-refractivity contribution in [1.29, 1.82) is 0 Å². The quantitative estimate of drug-likeness (QED) is 0.570. The summed E-state index contributed by atoms with van der Waals surface area (Å²) >= 11 is 0. The van der Waals surface area contributed by atoms with Crippen LogP contribution in [0.3, 0.4) is 0 Å². The second kappa shape index (κ2) is 5.70. The van der Waals surface area contributed by atoms with Crippen LogP contribution in [0.1, 0.15) is 27.7 Å². The first kappa shape index (κ1) is 16.8. The number of aromatic nitrogens is 1. The average molecular weight is 351 g/mol. The Morgan fingerprint density at radius 3 is 2.40 bits per heavy atom. The molecule has 3 aromatic rings. The van der Waals surface area contributed by atoms with E-state index in [1.165, 1.54) is 27.1 Å². The van der Waals surface area contributed by atoms with Crippen LogP contribution in [-0.4, -0.2) is 23.3 Å². The molecule has 0 bridgehead atoms. The van der Waals surface area contributed by atoms with Crippen LogP contribution >= 0.6 is 8.58 Å². The molecule has 0 spiro atoms. The summed E-state index contributed by atoms with van der Waals surface area (Å²) < 4.78 is 12.4. The van der Waals surface area contributed by atoms with Crippen molar-refractivity contribution >= 4 is 48.3 Å². The molecule has 1 aromatic heterocycles. The summed E-state index contributed by atoms with van der Waals surface area (Å²) in [6.45, 7) is 12.2. The molecule has 4 rings (SSSR count). The number of rotatable bonds is 3. The molecule has 1 fully saturated rings. The minimum atomic E-state index is -0.325. The lowest BCUT2D eigenvalue weighted by Gasteiger charge is -2.32. The Bertz CT molecular complexity index is 960. The third-order valence-corrected chi connectivity index (χ3v) is 6.21. The summed E-state index contributed by atoms with van der Waals surface area (Å²) in [7, 11) is 0.274. The van der Waals surface area contributed by atoms with Gasteiger partial charge in [0.05, 0.1) is 11.2 Å². The molecule has 1 N–H and O–H groups in total. The highest BCUT2D eigenvalue weighted by Gasteiger charge is 2.51. The van der Waals surface area contributed by atoms with E-state index in [2.05, 4.69) is 75.7 Å². The SMILES string of the molecule is C=CPc1cc2c(ccc3cc(B4OC(C)(C)C(C)(C)O4)ccc32)[nH]1. The number of hydrogen-bond acceptors (Lipinski definition) is 2. The van der Waals surface area contributed by atoms with Crippen molar-refractivity contribution in [3.63, 3.8) is 0 Å². The van der Waals surface area contributed by atoms with E-state index in [1.807, 2.05) is 5.82 Å². The van der Waals surface area contributed by atoms with Crippen LogP contribution in [0.25, 0.3) is 21.7 Å². The van der Waals surface area contributed by atoms with E-state index in [1.54, 1.807) is 0 Å². The Hall–Kier alpha value is -1.61. The van der Waals surface area contributed by atoms with E-state index in [0.29, 0.717) is 8.58 Å². The maximum Gasteiger partial charge on any atom is 0.494 e. The summed E-state index contributed by atoms with van der Waals surface area (Å²) in [5.74, 6) is 1.95. The smallest absolute Gasteiger partial charge is 0.399 e. The van der Waals surface area contributed by atoms with Crippen molar-refractivity contribution in [3.05, 3.63) is 48.8 Å². The Morgan fingerprint density at radius 2 is 1.72 bits per heavy atom. The molecular formula is C20H23BNO2P. The lowest BCUT2D eigenvalue weighted by molar-refractivity contribution is 0.00578. The van der Waals surface area contributed by atoms with E-state index >= 15 is 0 Å². The topological polar surface area (TPSA) is 34.2 Å². The first-order valence-electron chi connectivity index (χ1n) is 8.59. The van der Waals surface area contributed by atoms with E-state index in [0.717, 1.165) is 5.46 Å². The molecule has 0 amide bonds. The van der Waals surface area contributed by atoms with Gasteiger partial charge in [-0.1, -0.05) is 36.7 Å². The number of fused-ring (bicyclic) bond motifs is 3. The monoisotopic (exact) mass is 351 g/mol. The van der Waals surface area contributed by atoms with Crippen LogP contribution in [-0.2, 0) is 9.31 Å². The number of benzene rings is 2. The first-order chi connectivity index (χ1) is 11.8. The van der Waals surface area contributed by atoms with Gasteiger partial charge in [0, 0.05) is 16.3 Å². The molecule has 2 heterocycles. The molecule has 0 aliphatic carbocycles. The van der Waals surface area contributed by atoms with Gasteiger partial charge < -0.3 is 14.3 Å². The Morgan fingerprint density at radius 1 is 1.00 bits per heavy atom. The molecule has 25 heavy (non-hydrogen) atoms. The standard InChI is InChI=1S/C20H23BNO2P/c1-6-25-18-12-16-15-9-8-14(11-13(15)7-10-17(16)22-18)21-23-19(2,3)20(4,5)24-21/h6-12,22,25H,1H2,2-5H3. The molecule has 128 valence electrons. The van der Waals surface area contributed by atoms with Gasteiger partial charge in [0.1, 0.15) is 0 Å². The van der Waals surface area contributed by atoms with Gasteiger partial charge in [0.15, 0.2) is 0 Å². The van der Waals surface area contributed by atoms with Gasteiger partial charge in [-0.15, -0.1) is 0 Å². The second-order valence-electron chi connectivity index (χ2n) is 7.63. The van der Waals surface area contributed by atoms with E-state index in [4.69, 9.17) is 9.31 Å². The maximum absolute atomic E-state index is 6.18. The Labute approximate surface area is 150 Å². The van der Waals surface area contributed by atoms with Crippen molar-refractivity contribution in [1.82, 2.24) is 4.98 Å². The van der Waals surface area contributed by atoms with Crippen LogP contribution in [0.4, 0.5) is 0 Å². The van der Waals surface area contributed by atoms with Crippen molar-refractivity contribution in [2.45, 2.75) is 38.9 Å². The van der Waals surface area contributed by atoms with Crippen LogP contribution in [0.2, 0.25) is 0 Å². The summed E-state index contributed by atoms with van der Waals surface area (Å²) in [6.07, 6.45) is 0. The van der Waals surface area contributed by atoms with Gasteiger partial charge in [-0.25, -0.2) is 0 Å². The minimum absolute atomic E-state index is 0.322. The predicted octanol–water partition coefficient (Wildman–Crippen LogP) is 4.07. The number of hydrogen-bond donors (Lipinski definition) is 1. The lowest BCUT2D eigenvalue weighted by Crippen LogP contribution is -2.41. The molecule has 5 heteroatoms. The zero-order valence-electron chi connectivity index (χ0n) is 15.1. The van der Waals surface area contributed by atoms with Gasteiger partial charge >= 0.3 is 7.12 Å². The highest BCUT2D eigenvalue weighted by molar-refractivity contribution is 7.50. The van der Waals surface area contributed by atoms with Gasteiger partial charge in [-0.05, 0) is 64.6 Å². The Kier molecular flexibility index (Phi) is 3.84. The van der Waals surface area contributed by atoms with E-state index in [-0.39, 0.29) is 18.3 Å². The lowest BCUT2D eigenvalue weighted by atomic mass is 9.78. The largest absolute Gasteiger partial charge is 0.494 e. The summed E-state index contributed by atoms with van der Waals surface area (Å²) in [4.78, 5) is 3.47. The fraction of sp³-hybridized carbons (Fsp3) is 0.300. The first-order valence-corrected chi connectivity index (χ1v) is 9.67. The maximum atomic E-state index is 6.18. The molecule has 1 saturated heterocycles. The molecule has 1 unspecified atom stereocenters. The van der Waals surface area contributed by atoms with Gasteiger partial charge in [0.25, 0.3) is 0 Å². The van der Waals surface area contributed by atoms with Crippen molar-refractivity contribution in [3.8, 4) is 0 Å². The average Bonchev–Trinajstić information content (AvgIpc) is 3.05. The van der Waals surface area contributed by atoms with Crippen LogP contribution in [0.5, 0.6) is 0 Å². The highest BCUT2D eigenvalue weighted by Crippen LogP contribution is 2.36. The third kappa shape index (κ3) is 2.73. The van der Waals surface area contributed by atoms with Crippen molar-refractivity contribution in [2.24, 2.45) is 0 Å². The van der Waals surface area contributed by atoms with E-state index in [9.17, 15) is 0 Å². The molecule has 0 saturated carbocycles. The fourth-order valence-electron chi connectivity index (χ4n) is 3.28. The van der Waals surface area contributed by atoms with Crippen LogP contribution < -0.4 is 10.9 Å². The molecular weight excluding hydrogens is 328 g/mol. The predicted molar refractivity (Wildman–Crippen MR) is 110 cm³/mol. The number of H-pyrrole nitrogens is 1. The molecule has 1 atom stereocenters. The molecule has 2 aromatic carbocycles. The van der Waals surface area contributed by atoms with Gasteiger partial charge in [-0.2, -0.15) is 0 Å². The molecule has 1 aliphatic heterocycles. The zero-order chi connectivity index (χ0) is 17.8. The summed E-state index contributed by atoms with van der Waals surface area (Å²) in [6, 6.07) is 13.0. The third-order valence-electron chi connectivity index (χ3n) is 5.43. The summed E-state index contributed by atoms with van der Waals surface area (Å²) in [5.41, 5.74) is 2.80.